The van der Waals surface area contributed by atoms with Crippen molar-refractivity contribution in [3.63, 3.8) is 0 Å². The third kappa shape index (κ3) is 4.57. The predicted octanol–water partition coefficient (Wildman–Crippen LogP) is 3.01. The van der Waals surface area contributed by atoms with Crippen LogP contribution < -0.4 is 0 Å². The van der Waals surface area contributed by atoms with E-state index in [0.29, 0.717) is 5.56 Å². The molecule has 0 aromatic heterocycles. The molecule has 1 N–H and O–H groups in total. The molecule has 94 valence electrons. The van der Waals surface area contributed by atoms with Crippen molar-refractivity contribution in [3.8, 4) is 0 Å². The highest BCUT2D eigenvalue weighted by Crippen LogP contribution is 2.08. The topological polar surface area (TPSA) is 40.5 Å². The highest BCUT2D eigenvalue weighted by atomic mass is 16.4. The van der Waals surface area contributed by atoms with Crippen molar-refractivity contribution < 1.29 is 9.90 Å². The van der Waals surface area contributed by atoms with Crippen molar-refractivity contribution in [2.24, 2.45) is 0 Å². The van der Waals surface area contributed by atoms with Gasteiger partial charge in [-0.15, -0.1) is 0 Å². The number of carboxylic acid groups (broad SMARTS) is 1. The normalized spacial score (nSPS) is 10.8. The Morgan fingerprint density at radius 3 is 2.35 bits per heavy atom. The van der Waals surface area contributed by atoms with Gasteiger partial charge in [0.15, 0.2) is 0 Å². The second-order valence-corrected chi connectivity index (χ2v) is 4.22. The Balaban J connectivity index is 2.57. The van der Waals surface area contributed by atoms with E-state index in [4.69, 9.17) is 5.11 Å². The van der Waals surface area contributed by atoms with E-state index in [1.165, 1.54) is 18.4 Å². The fourth-order valence-corrected chi connectivity index (χ4v) is 1.74. The van der Waals surface area contributed by atoms with Gasteiger partial charge in [0.1, 0.15) is 0 Å². The minimum Gasteiger partial charge on any atom is -0.478 e. The van der Waals surface area contributed by atoms with Crippen LogP contribution in [-0.2, 0) is 6.54 Å². The van der Waals surface area contributed by atoms with Gasteiger partial charge in [-0.1, -0.05) is 32.4 Å². The third-order valence-electron chi connectivity index (χ3n) is 2.88. The van der Waals surface area contributed by atoms with Gasteiger partial charge in [-0.2, -0.15) is 0 Å². The zero-order valence-corrected chi connectivity index (χ0v) is 10.6. The van der Waals surface area contributed by atoms with Gasteiger partial charge < -0.3 is 5.11 Å². The quantitative estimate of drug-likeness (QED) is 0.789. The number of hydrogen-bond acceptors (Lipinski definition) is 2. The molecule has 0 saturated carbocycles. The van der Waals surface area contributed by atoms with Gasteiger partial charge in [0, 0.05) is 6.54 Å². The lowest BCUT2D eigenvalue weighted by Crippen LogP contribution is -2.23. The minimum atomic E-state index is -0.866. The molecule has 0 heterocycles. The Morgan fingerprint density at radius 2 is 1.88 bits per heavy atom. The van der Waals surface area contributed by atoms with Crippen molar-refractivity contribution in [1.29, 1.82) is 0 Å². The Bertz CT molecular complexity index is 346. The van der Waals surface area contributed by atoms with E-state index in [1.807, 2.05) is 12.1 Å². The third-order valence-corrected chi connectivity index (χ3v) is 2.88. The molecule has 1 aromatic carbocycles. The average molecular weight is 235 g/mol. The van der Waals surface area contributed by atoms with E-state index in [1.54, 1.807) is 12.1 Å². The van der Waals surface area contributed by atoms with E-state index in [9.17, 15) is 4.79 Å². The molecule has 0 aliphatic rings. The number of nitrogens with zero attached hydrogens (tertiary/aromatic N) is 1. The molecule has 0 aliphatic carbocycles. The molecule has 0 saturated heterocycles. The molecule has 17 heavy (non-hydrogen) atoms. The minimum absolute atomic E-state index is 0.352. The van der Waals surface area contributed by atoms with Gasteiger partial charge in [-0.3, -0.25) is 4.90 Å². The Kier molecular flexibility index (Phi) is 5.70. The second-order valence-electron chi connectivity index (χ2n) is 4.22. The summed E-state index contributed by atoms with van der Waals surface area (Å²) in [7, 11) is 0. The maximum atomic E-state index is 10.7. The highest BCUT2D eigenvalue weighted by Gasteiger charge is 2.05. The standard InChI is InChI=1S/C14H21NO2/c1-3-5-10-15(4-2)11-12-6-8-13(9-7-12)14(16)17/h6-9H,3-5,10-11H2,1-2H3,(H,16,17). The molecule has 0 fully saturated rings. The van der Waals surface area contributed by atoms with E-state index in [2.05, 4.69) is 18.7 Å². The summed E-state index contributed by atoms with van der Waals surface area (Å²) in [4.78, 5) is 13.1. The number of hydrogen-bond donors (Lipinski definition) is 1. The maximum absolute atomic E-state index is 10.7. The fourth-order valence-electron chi connectivity index (χ4n) is 1.74. The number of carbonyl (C=O) groups is 1. The van der Waals surface area contributed by atoms with Gasteiger partial charge >= 0.3 is 5.97 Å². The van der Waals surface area contributed by atoms with Gasteiger partial charge in [0.2, 0.25) is 0 Å². The SMILES string of the molecule is CCCCN(CC)Cc1ccc(C(=O)O)cc1. The van der Waals surface area contributed by atoms with Gasteiger partial charge in [0.25, 0.3) is 0 Å². The first-order valence-corrected chi connectivity index (χ1v) is 6.22. The van der Waals surface area contributed by atoms with Gasteiger partial charge in [-0.25, -0.2) is 4.79 Å². The van der Waals surface area contributed by atoms with E-state index in [-0.39, 0.29) is 0 Å². The Hall–Kier alpha value is -1.35. The lowest BCUT2D eigenvalue weighted by molar-refractivity contribution is 0.0697. The van der Waals surface area contributed by atoms with E-state index >= 15 is 0 Å². The molecule has 0 atom stereocenters. The summed E-state index contributed by atoms with van der Waals surface area (Å²) in [5, 5.41) is 8.81. The second kappa shape index (κ2) is 7.07. The van der Waals surface area contributed by atoms with Gasteiger partial charge in [0.05, 0.1) is 5.56 Å². The molecule has 0 bridgehead atoms. The molecule has 0 aliphatic heterocycles. The van der Waals surface area contributed by atoms with Crippen molar-refractivity contribution in [1.82, 2.24) is 4.90 Å². The van der Waals surface area contributed by atoms with Crippen LogP contribution in [0.4, 0.5) is 0 Å². The first kappa shape index (κ1) is 13.7. The summed E-state index contributed by atoms with van der Waals surface area (Å²) in [5.74, 6) is -0.866. The predicted molar refractivity (Wildman–Crippen MR) is 69.3 cm³/mol. The van der Waals surface area contributed by atoms with Crippen LogP contribution in [0.25, 0.3) is 0 Å². The monoisotopic (exact) mass is 235 g/mol. The number of aromatic carboxylic acids is 1. The zero-order valence-electron chi connectivity index (χ0n) is 10.6. The van der Waals surface area contributed by atoms with Crippen LogP contribution in [0.3, 0.4) is 0 Å². The van der Waals surface area contributed by atoms with Crippen molar-refractivity contribution >= 4 is 5.97 Å². The van der Waals surface area contributed by atoms with Crippen LogP contribution in [-0.4, -0.2) is 29.1 Å². The molecule has 3 heteroatoms. The molecule has 0 radical (unpaired) electrons. The average Bonchev–Trinajstić information content (AvgIpc) is 2.35. The Labute approximate surface area is 103 Å². The number of unbranched alkanes of at least 4 members (excludes halogenated alkanes) is 1. The molecule has 0 unspecified atom stereocenters. The maximum Gasteiger partial charge on any atom is 0.335 e. The van der Waals surface area contributed by atoms with Crippen LogP contribution in [0.5, 0.6) is 0 Å². The Morgan fingerprint density at radius 1 is 1.24 bits per heavy atom. The smallest absolute Gasteiger partial charge is 0.335 e. The number of carboxylic acids is 1. The molecular weight excluding hydrogens is 214 g/mol. The van der Waals surface area contributed by atoms with Crippen molar-refractivity contribution in [2.75, 3.05) is 13.1 Å². The number of rotatable bonds is 7. The molecule has 0 amide bonds. The first-order chi connectivity index (χ1) is 8.17. The molecule has 0 spiro atoms. The van der Waals surface area contributed by atoms with Crippen molar-refractivity contribution in [3.05, 3.63) is 35.4 Å². The van der Waals surface area contributed by atoms with Crippen molar-refractivity contribution in [2.45, 2.75) is 33.2 Å². The fraction of sp³-hybridized carbons (Fsp3) is 0.500. The summed E-state index contributed by atoms with van der Waals surface area (Å²) in [6.45, 7) is 7.38. The number of benzene rings is 1. The van der Waals surface area contributed by atoms with E-state index < -0.39 is 5.97 Å². The summed E-state index contributed by atoms with van der Waals surface area (Å²) < 4.78 is 0. The zero-order chi connectivity index (χ0) is 12.7. The molecular formula is C14H21NO2. The summed E-state index contributed by atoms with van der Waals surface area (Å²) in [5.41, 5.74) is 1.53. The van der Waals surface area contributed by atoms with Crippen LogP contribution in [0, 0.1) is 0 Å². The summed E-state index contributed by atoms with van der Waals surface area (Å²) >= 11 is 0. The lowest BCUT2D eigenvalue weighted by Gasteiger charge is -2.20. The molecule has 1 aromatic rings. The molecule has 3 nitrogen and oxygen atoms in total. The highest BCUT2D eigenvalue weighted by molar-refractivity contribution is 5.87. The van der Waals surface area contributed by atoms with Crippen LogP contribution >= 0.6 is 0 Å². The van der Waals surface area contributed by atoms with E-state index in [0.717, 1.165) is 19.6 Å². The first-order valence-electron chi connectivity index (χ1n) is 6.22. The summed E-state index contributed by atoms with van der Waals surface area (Å²) in [6.07, 6.45) is 2.41. The largest absolute Gasteiger partial charge is 0.478 e. The van der Waals surface area contributed by atoms with Crippen LogP contribution in [0.15, 0.2) is 24.3 Å². The van der Waals surface area contributed by atoms with Crippen LogP contribution in [0.2, 0.25) is 0 Å². The van der Waals surface area contributed by atoms with Gasteiger partial charge in [-0.05, 0) is 37.2 Å². The lowest BCUT2D eigenvalue weighted by atomic mass is 10.1. The molecule has 1 rings (SSSR count). The summed E-state index contributed by atoms with van der Waals surface area (Å²) in [6, 6.07) is 7.15. The van der Waals surface area contributed by atoms with Crippen LogP contribution in [0.1, 0.15) is 42.6 Å².